The molecule has 0 saturated heterocycles. The second-order valence-corrected chi connectivity index (χ2v) is 11.7. The molecule has 8 nitrogen and oxygen atoms in total. The lowest BCUT2D eigenvalue weighted by molar-refractivity contribution is -0.142. The van der Waals surface area contributed by atoms with E-state index in [1.807, 2.05) is 6.07 Å². The fourth-order valence-electron chi connectivity index (χ4n) is 4.49. The first-order chi connectivity index (χ1) is 18.5. The maximum Gasteiger partial charge on any atom is 0.410 e. The maximum absolute atomic E-state index is 12.9. The minimum Gasteiger partial charge on any atom is -0.480 e. The number of carbonyl (C=O) groups excluding carboxylic acids is 2. The summed E-state index contributed by atoms with van der Waals surface area (Å²) < 4.78 is 5.52. The second-order valence-electron chi connectivity index (χ2n) is 11.7. The number of carboxylic acids is 1. The van der Waals surface area contributed by atoms with Crippen molar-refractivity contribution in [2.45, 2.75) is 168 Å². The zero-order chi connectivity index (χ0) is 29.5. The number of unbranched alkanes of at least 4 members (excludes halogenated alkanes) is 15. The highest BCUT2D eigenvalue weighted by atomic mass is 16.6. The van der Waals surface area contributed by atoms with Crippen LogP contribution in [0.15, 0.2) is 0 Å². The van der Waals surface area contributed by atoms with Crippen LogP contribution in [0, 0.1) is 11.3 Å². The van der Waals surface area contributed by atoms with Crippen molar-refractivity contribution in [3.63, 3.8) is 0 Å². The van der Waals surface area contributed by atoms with Crippen LogP contribution < -0.4 is 5.32 Å². The fraction of sp³-hybridized carbons (Fsp3) is 0.871. The Morgan fingerprint density at radius 3 is 1.67 bits per heavy atom. The quantitative estimate of drug-likeness (QED) is 0.125. The van der Waals surface area contributed by atoms with Gasteiger partial charge in [0.1, 0.15) is 17.7 Å². The Balaban J connectivity index is 4.38. The van der Waals surface area contributed by atoms with Crippen molar-refractivity contribution in [3.05, 3.63) is 0 Å². The van der Waals surface area contributed by atoms with E-state index in [0.29, 0.717) is 6.54 Å². The van der Waals surface area contributed by atoms with E-state index in [1.165, 1.54) is 88.4 Å². The third-order valence-electron chi connectivity index (χ3n) is 6.89. The molecule has 0 aromatic carbocycles. The molecule has 0 heterocycles. The van der Waals surface area contributed by atoms with Gasteiger partial charge in [0.25, 0.3) is 0 Å². The molecular weight excluding hydrogens is 494 g/mol. The summed E-state index contributed by atoms with van der Waals surface area (Å²) in [5.74, 6) is -1.77. The summed E-state index contributed by atoms with van der Waals surface area (Å²) >= 11 is 0. The van der Waals surface area contributed by atoms with Gasteiger partial charge in [-0.3, -0.25) is 9.69 Å². The van der Waals surface area contributed by atoms with E-state index in [0.717, 1.165) is 19.3 Å². The summed E-state index contributed by atoms with van der Waals surface area (Å²) in [5, 5.41) is 20.6. The van der Waals surface area contributed by atoms with Gasteiger partial charge in [0.2, 0.25) is 5.91 Å². The molecule has 8 heteroatoms. The molecule has 0 aliphatic heterocycles. The summed E-state index contributed by atoms with van der Waals surface area (Å²) in [5.41, 5.74) is -0.712. The summed E-state index contributed by atoms with van der Waals surface area (Å²) in [6, 6.07) is -0.164. The first kappa shape index (κ1) is 36.7. The van der Waals surface area contributed by atoms with E-state index in [9.17, 15) is 19.5 Å². The normalized spacial score (nSPS) is 12.8. The molecule has 0 bridgehead atoms. The predicted octanol–water partition coefficient (Wildman–Crippen LogP) is 7.75. The molecule has 0 aromatic heterocycles. The number of rotatable bonds is 23. The number of amides is 2. The van der Waals surface area contributed by atoms with E-state index < -0.39 is 35.7 Å². The molecule has 0 aromatic rings. The van der Waals surface area contributed by atoms with Crippen molar-refractivity contribution in [2.75, 3.05) is 6.54 Å². The van der Waals surface area contributed by atoms with Crippen LogP contribution in [0.5, 0.6) is 0 Å². The van der Waals surface area contributed by atoms with Crippen LogP contribution in [-0.4, -0.2) is 52.2 Å². The second kappa shape index (κ2) is 22.5. The average Bonchev–Trinajstić information content (AvgIpc) is 2.86. The number of hydrogen-bond acceptors (Lipinski definition) is 5. The van der Waals surface area contributed by atoms with Crippen molar-refractivity contribution >= 4 is 18.0 Å². The molecule has 226 valence electrons. The van der Waals surface area contributed by atoms with Crippen molar-refractivity contribution in [1.82, 2.24) is 10.2 Å². The number of carbonyl (C=O) groups is 3. The fourth-order valence-corrected chi connectivity index (χ4v) is 4.49. The first-order valence-corrected chi connectivity index (χ1v) is 15.4. The molecule has 0 rings (SSSR count). The Hall–Kier alpha value is -2.30. The van der Waals surface area contributed by atoms with E-state index >= 15 is 0 Å². The number of aliphatic carboxylic acids is 1. The van der Waals surface area contributed by atoms with Gasteiger partial charge in [-0.15, -0.1) is 0 Å². The third kappa shape index (κ3) is 20.3. The highest BCUT2D eigenvalue weighted by Gasteiger charge is 2.31. The molecule has 0 saturated carbocycles. The highest BCUT2D eigenvalue weighted by Crippen LogP contribution is 2.16. The first-order valence-electron chi connectivity index (χ1n) is 15.4. The Labute approximate surface area is 238 Å². The van der Waals surface area contributed by atoms with Gasteiger partial charge in [-0.1, -0.05) is 103 Å². The maximum atomic E-state index is 12.9. The number of carboxylic acid groups (broad SMARTS) is 1. The Morgan fingerprint density at radius 2 is 1.28 bits per heavy atom. The van der Waals surface area contributed by atoms with E-state index in [4.69, 9.17) is 10.00 Å². The molecule has 0 radical (unpaired) electrons. The van der Waals surface area contributed by atoms with Crippen LogP contribution in [-0.2, 0) is 14.3 Å². The molecule has 2 N–H and O–H groups in total. The molecule has 0 aliphatic carbocycles. The lowest BCUT2D eigenvalue weighted by atomic mass is 10.0. The molecule has 39 heavy (non-hydrogen) atoms. The standard InChI is InChI=1S/C31H57N3O5/c1-6-7-8-9-10-11-12-13-14-15-16-17-18-19-20-21-25-34(30(38)39-31(3,4)5)26(2)28(35)33-27(29(36)37)23-22-24-32/h26-27H,6-23,25H2,1-5H3,(H,33,35)(H,36,37)/t26-,27+/m1/s1. The topological polar surface area (TPSA) is 120 Å². The van der Waals surface area contributed by atoms with Crippen LogP contribution in [0.4, 0.5) is 4.79 Å². The number of ether oxygens (including phenoxy) is 1. The number of nitrogens with one attached hydrogen (secondary N) is 1. The van der Waals surface area contributed by atoms with Crippen molar-refractivity contribution in [3.8, 4) is 6.07 Å². The third-order valence-corrected chi connectivity index (χ3v) is 6.89. The largest absolute Gasteiger partial charge is 0.480 e. The molecule has 0 spiro atoms. The van der Waals surface area contributed by atoms with E-state index in [-0.39, 0.29) is 12.8 Å². The van der Waals surface area contributed by atoms with Crippen molar-refractivity contribution < 1.29 is 24.2 Å². The van der Waals surface area contributed by atoms with Crippen LogP contribution in [0.2, 0.25) is 0 Å². The van der Waals surface area contributed by atoms with Crippen LogP contribution in [0.3, 0.4) is 0 Å². The van der Waals surface area contributed by atoms with Crippen LogP contribution >= 0.6 is 0 Å². The van der Waals surface area contributed by atoms with Crippen LogP contribution in [0.25, 0.3) is 0 Å². The van der Waals surface area contributed by atoms with Gasteiger partial charge in [0, 0.05) is 13.0 Å². The van der Waals surface area contributed by atoms with Crippen molar-refractivity contribution in [1.29, 1.82) is 5.26 Å². The van der Waals surface area contributed by atoms with E-state index in [2.05, 4.69) is 12.2 Å². The number of hydrogen-bond donors (Lipinski definition) is 2. The summed E-state index contributed by atoms with van der Waals surface area (Å²) in [7, 11) is 0. The monoisotopic (exact) mass is 551 g/mol. The highest BCUT2D eigenvalue weighted by molar-refractivity contribution is 5.89. The number of nitrogens with zero attached hydrogens (tertiary/aromatic N) is 2. The van der Waals surface area contributed by atoms with Gasteiger partial charge in [-0.05, 0) is 40.5 Å². The lowest BCUT2D eigenvalue weighted by Gasteiger charge is -2.31. The number of nitriles is 1. The van der Waals surface area contributed by atoms with Gasteiger partial charge in [-0.2, -0.15) is 5.26 Å². The van der Waals surface area contributed by atoms with Gasteiger partial charge in [0.05, 0.1) is 6.07 Å². The van der Waals surface area contributed by atoms with Gasteiger partial charge in [-0.25, -0.2) is 9.59 Å². The summed E-state index contributed by atoms with van der Waals surface area (Å²) in [4.78, 5) is 38.5. The SMILES string of the molecule is CCCCCCCCCCCCCCCCCCN(C(=O)OC(C)(C)C)[C@H](C)C(=O)N[C@@H](CCC#N)C(=O)O. The smallest absolute Gasteiger partial charge is 0.410 e. The summed E-state index contributed by atoms with van der Waals surface area (Å²) in [6.07, 6.45) is 19.5. The Bertz CT molecular complexity index is 714. The molecular formula is C31H57N3O5. The molecule has 2 atom stereocenters. The Kier molecular flexibility index (Phi) is 21.2. The lowest BCUT2D eigenvalue weighted by Crippen LogP contribution is -2.53. The minimum absolute atomic E-state index is 0.00978. The zero-order valence-electron chi connectivity index (χ0n) is 25.6. The molecule has 2 amide bonds. The molecule has 0 fully saturated rings. The average molecular weight is 552 g/mol. The predicted molar refractivity (Wildman–Crippen MR) is 156 cm³/mol. The Morgan fingerprint density at radius 1 is 0.846 bits per heavy atom. The van der Waals surface area contributed by atoms with Crippen LogP contribution in [0.1, 0.15) is 150 Å². The zero-order valence-corrected chi connectivity index (χ0v) is 25.6. The minimum atomic E-state index is -1.20. The molecule has 0 aliphatic rings. The van der Waals surface area contributed by atoms with E-state index in [1.54, 1.807) is 27.7 Å². The van der Waals surface area contributed by atoms with Gasteiger partial charge >= 0.3 is 12.1 Å². The van der Waals surface area contributed by atoms with Crippen molar-refractivity contribution in [2.24, 2.45) is 0 Å². The van der Waals surface area contributed by atoms with Gasteiger partial charge in [0.15, 0.2) is 0 Å². The molecule has 0 unspecified atom stereocenters. The van der Waals surface area contributed by atoms with Gasteiger partial charge < -0.3 is 15.2 Å². The summed E-state index contributed by atoms with van der Waals surface area (Å²) in [6.45, 7) is 9.50.